The van der Waals surface area contributed by atoms with Crippen LogP contribution < -0.4 is 0 Å². The van der Waals surface area contributed by atoms with Crippen molar-refractivity contribution in [3.63, 3.8) is 0 Å². The quantitative estimate of drug-likeness (QED) is 0.498. The van der Waals surface area contributed by atoms with Crippen LogP contribution in [0.3, 0.4) is 0 Å². The maximum Gasteiger partial charge on any atom is 0.235 e. The molecule has 0 radical (unpaired) electrons. The predicted molar refractivity (Wildman–Crippen MR) is 89.7 cm³/mol. The average molecular weight is 351 g/mol. The van der Waals surface area contributed by atoms with Crippen LogP contribution in [0.2, 0.25) is 10.0 Å². The lowest BCUT2D eigenvalue weighted by molar-refractivity contribution is -0.400. The van der Waals surface area contributed by atoms with E-state index >= 15 is 0 Å². The summed E-state index contributed by atoms with van der Waals surface area (Å²) in [5, 5.41) is 12.1. The molecule has 3 aromatic rings. The minimum atomic E-state index is -0.564. The third-order valence-corrected chi connectivity index (χ3v) is 4.02. The van der Waals surface area contributed by atoms with Gasteiger partial charge in [0.1, 0.15) is 5.82 Å². The highest BCUT2D eigenvalue weighted by Crippen LogP contribution is 2.38. The van der Waals surface area contributed by atoms with Gasteiger partial charge in [0.15, 0.2) is 0 Å². The third kappa shape index (κ3) is 2.93. The molecule has 23 heavy (non-hydrogen) atoms. The number of aromatic nitrogens is 1. The molecule has 0 aliphatic carbocycles. The molecule has 0 unspecified atom stereocenters. The molecule has 1 N–H and O–H groups in total. The Labute approximate surface area is 140 Å². The lowest BCUT2D eigenvalue weighted by Gasteiger charge is -2.01. The molecule has 0 saturated carbocycles. The zero-order valence-electron chi connectivity index (χ0n) is 11.5. The molecule has 0 amide bonds. The zero-order valence-corrected chi connectivity index (χ0v) is 13.0. The third-order valence-electron chi connectivity index (χ3n) is 3.39. The normalized spacial score (nSPS) is 11.4. The first-order chi connectivity index (χ1) is 11.0. The van der Waals surface area contributed by atoms with Crippen LogP contribution in [0.5, 0.6) is 0 Å². The summed E-state index contributed by atoms with van der Waals surface area (Å²) in [6, 6.07) is 9.03. The van der Waals surface area contributed by atoms with E-state index in [1.807, 2.05) is 0 Å². The molecule has 0 fully saturated rings. The van der Waals surface area contributed by atoms with E-state index < -0.39 is 4.92 Å². The van der Waals surface area contributed by atoms with Crippen molar-refractivity contribution >= 4 is 40.2 Å². The molecular weight excluding hydrogens is 342 g/mol. The number of benzene rings is 2. The van der Waals surface area contributed by atoms with Gasteiger partial charge in [-0.1, -0.05) is 23.2 Å². The van der Waals surface area contributed by atoms with Crippen LogP contribution in [-0.2, 0) is 0 Å². The Morgan fingerprint density at radius 1 is 1.09 bits per heavy atom. The highest BCUT2D eigenvalue weighted by Gasteiger charge is 2.16. The van der Waals surface area contributed by atoms with Gasteiger partial charge in [0.05, 0.1) is 26.2 Å². The lowest BCUT2D eigenvalue weighted by Crippen LogP contribution is -1.85. The van der Waals surface area contributed by atoms with Crippen molar-refractivity contribution in [1.82, 2.24) is 4.98 Å². The summed E-state index contributed by atoms with van der Waals surface area (Å²) in [6.45, 7) is 0. The van der Waals surface area contributed by atoms with Crippen LogP contribution in [0.15, 0.2) is 42.6 Å². The van der Waals surface area contributed by atoms with Crippen LogP contribution in [-0.4, -0.2) is 9.91 Å². The lowest BCUT2D eigenvalue weighted by atomic mass is 10.0. The number of nitrogens with one attached hydrogen (secondary N) is 1. The second-order valence-corrected chi connectivity index (χ2v) is 5.62. The Hall–Kier alpha value is -2.37. The standard InChI is InChI=1S/C16H9Cl2FN2O2/c17-12-5-6-13(18)16-14(12)11(7-8-21(22)23)15(20-16)9-1-3-10(19)4-2-9/h1-8,20H/b8-7+. The Kier molecular flexibility index (Phi) is 4.07. The van der Waals surface area contributed by atoms with E-state index in [1.165, 1.54) is 18.2 Å². The topological polar surface area (TPSA) is 58.9 Å². The second-order valence-electron chi connectivity index (χ2n) is 4.80. The van der Waals surface area contributed by atoms with Crippen molar-refractivity contribution in [2.45, 2.75) is 0 Å². The van der Waals surface area contributed by atoms with Crippen LogP contribution >= 0.6 is 23.2 Å². The minimum absolute atomic E-state index is 0.372. The van der Waals surface area contributed by atoms with Gasteiger partial charge in [0.25, 0.3) is 0 Å². The molecule has 116 valence electrons. The first-order valence-corrected chi connectivity index (χ1v) is 7.30. The van der Waals surface area contributed by atoms with Crippen LogP contribution in [0, 0.1) is 15.9 Å². The van der Waals surface area contributed by atoms with Crippen molar-refractivity contribution in [1.29, 1.82) is 0 Å². The Morgan fingerprint density at radius 3 is 2.39 bits per heavy atom. The van der Waals surface area contributed by atoms with Crippen LogP contribution in [0.25, 0.3) is 28.2 Å². The van der Waals surface area contributed by atoms with E-state index in [1.54, 1.807) is 24.3 Å². The van der Waals surface area contributed by atoms with Gasteiger partial charge in [-0.15, -0.1) is 0 Å². The Balaban J connectivity index is 2.34. The molecule has 0 saturated heterocycles. The van der Waals surface area contributed by atoms with Gasteiger partial charge in [0, 0.05) is 17.0 Å². The largest absolute Gasteiger partial charge is 0.353 e. The Bertz CT molecular complexity index is 933. The molecular formula is C16H9Cl2FN2O2. The fraction of sp³-hybridized carbons (Fsp3) is 0. The van der Waals surface area contributed by atoms with Crippen LogP contribution in [0.4, 0.5) is 4.39 Å². The molecule has 7 heteroatoms. The van der Waals surface area contributed by atoms with E-state index in [-0.39, 0.29) is 5.82 Å². The van der Waals surface area contributed by atoms with Gasteiger partial charge < -0.3 is 4.98 Å². The summed E-state index contributed by atoms with van der Waals surface area (Å²) in [5.74, 6) is -0.372. The monoisotopic (exact) mass is 350 g/mol. The first kappa shape index (κ1) is 15.5. The number of fused-ring (bicyclic) bond motifs is 1. The number of aromatic amines is 1. The number of hydrogen-bond acceptors (Lipinski definition) is 2. The number of H-pyrrole nitrogens is 1. The van der Waals surface area contributed by atoms with Crippen molar-refractivity contribution in [3.05, 3.63) is 74.1 Å². The van der Waals surface area contributed by atoms with Gasteiger partial charge in [0.2, 0.25) is 6.20 Å². The zero-order chi connectivity index (χ0) is 16.6. The summed E-state index contributed by atoms with van der Waals surface area (Å²) in [7, 11) is 0. The fourth-order valence-corrected chi connectivity index (χ4v) is 2.86. The van der Waals surface area contributed by atoms with E-state index in [9.17, 15) is 14.5 Å². The van der Waals surface area contributed by atoms with Crippen molar-refractivity contribution in [2.75, 3.05) is 0 Å². The van der Waals surface area contributed by atoms with Gasteiger partial charge in [-0.05, 0) is 42.0 Å². The number of nitro groups is 1. The minimum Gasteiger partial charge on any atom is -0.353 e. The molecule has 1 aromatic heterocycles. The smallest absolute Gasteiger partial charge is 0.235 e. The SMILES string of the molecule is O=[N+]([O-])/C=C/c1c(-c2ccc(F)cc2)[nH]c2c(Cl)ccc(Cl)c12. The van der Waals surface area contributed by atoms with Gasteiger partial charge in [-0.2, -0.15) is 0 Å². The predicted octanol–water partition coefficient (Wildman–Crippen LogP) is 5.53. The average Bonchev–Trinajstić information content (AvgIpc) is 2.90. The second kappa shape index (κ2) is 6.02. The highest BCUT2D eigenvalue weighted by molar-refractivity contribution is 6.40. The number of rotatable bonds is 3. The summed E-state index contributed by atoms with van der Waals surface area (Å²) in [4.78, 5) is 13.2. The molecule has 0 atom stereocenters. The van der Waals surface area contributed by atoms with Crippen molar-refractivity contribution < 1.29 is 9.31 Å². The number of hydrogen-bond donors (Lipinski definition) is 1. The van der Waals surface area contributed by atoms with E-state index in [2.05, 4.69) is 4.98 Å². The maximum atomic E-state index is 13.1. The van der Waals surface area contributed by atoms with Crippen molar-refractivity contribution in [3.8, 4) is 11.3 Å². The summed E-state index contributed by atoms with van der Waals surface area (Å²) in [6.07, 6.45) is 2.17. The fourth-order valence-electron chi connectivity index (χ4n) is 2.40. The number of nitrogens with zero attached hydrogens (tertiary/aromatic N) is 1. The summed E-state index contributed by atoms with van der Waals surface area (Å²) in [5.41, 5.74) is 2.34. The molecule has 1 heterocycles. The number of halogens is 3. The van der Waals surface area contributed by atoms with Gasteiger partial charge in [-0.25, -0.2) is 4.39 Å². The maximum absolute atomic E-state index is 13.1. The summed E-state index contributed by atoms with van der Waals surface area (Å²) < 4.78 is 13.1. The van der Waals surface area contributed by atoms with Crippen LogP contribution in [0.1, 0.15) is 5.56 Å². The molecule has 0 bridgehead atoms. The first-order valence-electron chi connectivity index (χ1n) is 6.54. The molecule has 3 rings (SSSR count). The van der Waals surface area contributed by atoms with Gasteiger partial charge >= 0.3 is 0 Å². The van der Waals surface area contributed by atoms with E-state index in [4.69, 9.17) is 23.2 Å². The summed E-state index contributed by atoms with van der Waals surface area (Å²) >= 11 is 12.4. The molecule has 4 nitrogen and oxygen atoms in total. The highest BCUT2D eigenvalue weighted by atomic mass is 35.5. The van der Waals surface area contributed by atoms with Crippen molar-refractivity contribution in [2.24, 2.45) is 0 Å². The molecule has 0 spiro atoms. The molecule has 0 aliphatic heterocycles. The molecule has 0 aliphatic rings. The van der Waals surface area contributed by atoms with Gasteiger partial charge in [-0.3, -0.25) is 10.1 Å². The van der Waals surface area contributed by atoms with E-state index in [0.29, 0.717) is 37.8 Å². The Morgan fingerprint density at radius 2 is 1.74 bits per heavy atom. The van der Waals surface area contributed by atoms with E-state index in [0.717, 1.165) is 6.20 Å². The molecule has 2 aromatic carbocycles.